The Bertz CT molecular complexity index is 1660. The summed E-state index contributed by atoms with van der Waals surface area (Å²) in [5, 5.41) is 11.3. The number of aryl methyl sites for hydroxylation is 1. The number of hydrogen-bond acceptors (Lipinski definition) is 7. The standard InChI is InChI=1S/C28H27F2N7O4/c1-15-13-16(3-4-17(15)27(39)33-10-9-31-22(38)8-6-19-28(40)36-19)35-25-26-34-14-20(37(26)12-11-32-25)18-5-7-21(41-2)24(30)23(18)29/h3-5,7,11-14,19H,6,8-10H2,1-2H3,(H,31,38)(H,32,35)(H,33,39)(H,36,40)/t19-/m0/s1. The Balaban J connectivity index is 1.22. The number of nitrogens with one attached hydrogen (secondary N) is 4. The quantitative estimate of drug-likeness (QED) is 0.162. The molecule has 1 fully saturated rings. The lowest BCUT2D eigenvalue weighted by Crippen LogP contribution is -2.35. The molecule has 0 unspecified atom stereocenters. The van der Waals surface area contributed by atoms with Crippen molar-refractivity contribution < 1.29 is 27.9 Å². The first-order chi connectivity index (χ1) is 19.8. The third kappa shape index (κ3) is 5.93. The van der Waals surface area contributed by atoms with Crippen LogP contribution in [0.3, 0.4) is 0 Å². The van der Waals surface area contributed by atoms with E-state index in [2.05, 4.69) is 31.2 Å². The topological polar surface area (TPSA) is 149 Å². The van der Waals surface area contributed by atoms with Gasteiger partial charge in [-0.1, -0.05) is 0 Å². The number of hydrogen-bond donors (Lipinski definition) is 4. The molecule has 13 heteroatoms. The summed E-state index contributed by atoms with van der Waals surface area (Å²) in [6.07, 6.45) is 5.23. The van der Waals surface area contributed by atoms with Gasteiger partial charge in [0, 0.05) is 48.7 Å². The maximum atomic E-state index is 14.7. The number of rotatable bonds is 11. The molecular formula is C28H27F2N7O4. The minimum absolute atomic E-state index is 0.0192. The van der Waals surface area contributed by atoms with Crippen LogP contribution in [0, 0.1) is 18.6 Å². The van der Waals surface area contributed by atoms with Gasteiger partial charge in [-0.15, -0.1) is 0 Å². The van der Waals surface area contributed by atoms with E-state index < -0.39 is 11.6 Å². The molecule has 0 saturated carbocycles. The first-order valence-electron chi connectivity index (χ1n) is 12.8. The van der Waals surface area contributed by atoms with Crippen LogP contribution >= 0.6 is 0 Å². The van der Waals surface area contributed by atoms with Crippen molar-refractivity contribution in [2.24, 2.45) is 0 Å². The van der Waals surface area contributed by atoms with Gasteiger partial charge in [0.15, 0.2) is 23.0 Å². The molecule has 41 heavy (non-hydrogen) atoms. The predicted octanol–water partition coefficient (Wildman–Crippen LogP) is 2.86. The van der Waals surface area contributed by atoms with E-state index in [9.17, 15) is 23.2 Å². The summed E-state index contributed by atoms with van der Waals surface area (Å²) in [6, 6.07) is 7.71. The van der Waals surface area contributed by atoms with Gasteiger partial charge in [-0.25, -0.2) is 14.4 Å². The highest BCUT2D eigenvalue weighted by atomic mass is 19.2. The van der Waals surface area contributed by atoms with Crippen LogP contribution in [0.25, 0.3) is 16.9 Å². The molecule has 3 heterocycles. The van der Waals surface area contributed by atoms with Gasteiger partial charge in [-0.3, -0.25) is 18.8 Å². The van der Waals surface area contributed by atoms with E-state index in [4.69, 9.17) is 4.74 Å². The average molecular weight is 564 g/mol. The molecule has 0 spiro atoms. The molecule has 5 rings (SSSR count). The van der Waals surface area contributed by atoms with Crippen molar-refractivity contribution >= 4 is 34.9 Å². The maximum Gasteiger partial charge on any atom is 0.251 e. The Kier molecular flexibility index (Phi) is 7.77. The van der Waals surface area contributed by atoms with Crippen molar-refractivity contribution in [3.05, 3.63) is 71.7 Å². The Morgan fingerprint density at radius 1 is 1.10 bits per heavy atom. The van der Waals surface area contributed by atoms with E-state index in [1.54, 1.807) is 35.7 Å². The Labute approximate surface area is 233 Å². The Morgan fingerprint density at radius 2 is 1.88 bits per heavy atom. The molecular weight excluding hydrogens is 536 g/mol. The van der Waals surface area contributed by atoms with Crippen molar-refractivity contribution in [2.75, 3.05) is 25.5 Å². The molecule has 212 valence electrons. The van der Waals surface area contributed by atoms with E-state index in [1.807, 2.05) is 0 Å². The second-order valence-corrected chi connectivity index (χ2v) is 9.42. The molecule has 2 aromatic heterocycles. The van der Waals surface area contributed by atoms with Gasteiger partial charge in [-0.05, 0) is 49.2 Å². The largest absolute Gasteiger partial charge is 0.494 e. The van der Waals surface area contributed by atoms with Crippen LogP contribution in [-0.4, -0.2) is 58.3 Å². The fraction of sp³-hybridized carbons (Fsp3) is 0.250. The fourth-order valence-electron chi connectivity index (χ4n) is 4.40. The summed E-state index contributed by atoms with van der Waals surface area (Å²) < 4.78 is 35.5. The zero-order valence-corrected chi connectivity index (χ0v) is 22.3. The van der Waals surface area contributed by atoms with Crippen molar-refractivity contribution in [1.29, 1.82) is 0 Å². The maximum absolute atomic E-state index is 14.7. The Morgan fingerprint density at radius 3 is 2.61 bits per heavy atom. The van der Waals surface area contributed by atoms with Crippen molar-refractivity contribution in [2.45, 2.75) is 25.8 Å². The molecule has 3 amide bonds. The summed E-state index contributed by atoms with van der Waals surface area (Å²) in [5.74, 6) is -2.46. The summed E-state index contributed by atoms with van der Waals surface area (Å²) in [5.41, 5.74) is 2.54. The summed E-state index contributed by atoms with van der Waals surface area (Å²) in [4.78, 5) is 44.1. The minimum Gasteiger partial charge on any atom is -0.494 e. The zero-order chi connectivity index (χ0) is 29.1. The van der Waals surface area contributed by atoms with Crippen LogP contribution in [0.2, 0.25) is 0 Å². The molecule has 0 bridgehead atoms. The van der Waals surface area contributed by atoms with Crippen LogP contribution in [-0.2, 0) is 9.59 Å². The number of carbonyl (C=O) groups excluding carboxylic acids is 3. The minimum atomic E-state index is -1.09. The molecule has 4 N–H and O–H groups in total. The zero-order valence-electron chi connectivity index (χ0n) is 22.3. The second kappa shape index (κ2) is 11.6. The van der Waals surface area contributed by atoms with Crippen LogP contribution in [0.1, 0.15) is 28.8 Å². The lowest BCUT2D eigenvalue weighted by molar-refractivity contribution is -0.121. The van der Waals surface area contributed by atoms with Gasteiger partial charge >= 0.3 is 0 Å². The van der Waals surface area contributed by atoms with E-state index >= 15 is 0 Å². The van der Waals surface area contributed by atoms with Crippen LogP contribution in [0.5, 0.6) is 5.75 Å². The lowest BCUT2D eigenvalue weighted by Gasteiger charge is -2.12. The number of imidazole rings is 1. The van der Waals surface area contributed by atoms with Crippen molar-refractivity contribution in [1.82, 2.24) is 30.3 Å². The van der Waals surface area contributed by atoms with Crippen LogP contribution in [0.15, 0.2) is 48.9 Å². The molecule has 0 radical (unpaired) electrons. The van der Waals surface area contributed by atoms with Crippen LogP contribution < -0.4 is 26.0 Å². The third-order valence-corrected chi connectivity index (χ3v) is 6.65. The molecule has 1 aliphatic heterocycles. The summed E-state index contributed by atoms with van der Waals surface area (Å²) in [7, 11) is 1.26. The number of aromatic nitrogens is 3. The number of anilines is 2. The first-order valence-corrected chi connectivity index (χ1v) is 12.8. The van der Waals surface area contributed by atoms with Crippen molar-refractivity contribution in [3.8, 4) is 17.0 Å². The number of nitrogens with zero attached hydrogens (tertiary/aromatic N) is 3. The van der Waals surface area contributed by atoms with Gasteiger partial charge < -0.3 is 26.0 Å². The van der Waals surface area contributed by atoms with E-state index in [0.717, 1.165) is 0 Å². The number of ether oxygens (including phenoxy) is 1. The summed E-state index contributed by atoms with van der Waals surface area (Å²) in [6.45, 7) is 2.31. The molecule has 1 aliphatic rings. The number of halogens is 2. The van der Waals surface area contributed by atoms with E-state index in [0.29, 0.717) is 40.4 Å². The van der Waals surface area contributed by atoms with E-state index in [1.165, 1.54) is 31.6 Å². The highest BCUT2D eigenvalue weighted by molar-refractivity contribution is 5.97. The third-order valence-electron chi connectivity index (χ3n) is 6.65. The van der Waals surface area contributed by atoms with Crippen molar-refractivity contribution in [3.63, 3.8) is 0 Å². The van der Waals surface area contributed by atoms with Gasteiger partial charge in [0.25, 0.3) is 5.91 Å². The number of methoxy groups -OCH3 is 1. The predicted molar refractivity (Wildman–Crippen MR) is 146 cm³/mol. The first kappa shape index (κ1) is 27.5. The molecule has 0 aliphatic carbocycles. The summed E-state index contributed by atoms with van der Waals surface area (Å²) >= 11 is 0. The SMILES string of the molecule is COc1ccc(-c2cnc3c(Nc4ccc(C(=O)NCCNC(=O)CC[C@@H]5NC5=O)c(C)c4)nccn23)c(F)c1F. The van der Waals surface area contributed by atoms with Gasteiger partial charge in [0.1, 0.15) is 6.04 Å². The molecule has 11 nitrogen and oxygen atoms in total. The second-order valence-electron chi connectivity index (χ2n) is 9.42. The van der Waals surface area contributed by atoms with Crippen LogP contribution in [0.4, 0.5) is 20.3 Å². The van der Waals surface area contributed by atoms with E-state index in [-0.39, 0.29) is 54.6 Å². The number of fused-ring (bicyclic) bond motifs is 1. The highest BCUT2D eigenvalue weighted by Crippen LogP contribution is 2.31. The molecule has 1 atom stereocenters. The van der Waals surface area contributed by atoms with Gasteiger partial charge in [0.05, 0.1) is 19.0 Å². The Hall–Kier alpha value is -5.07. The smallest absolute Gasteiger partial charge is 0.251 e. The average Bonchev–Trinajstić information content (AvgIpc) is 3.50. The fourth-order valence-corrected chi connectivity index (χ4v) is 4.40. The van der Waals surface area contributed by atoms with Gasteiger partial charge in [-0.2, -0.15) is 4.39 Å². The molecule has 2 aromatic carbocycles. The number of benzene rings is 2. The monoisotopic (exact) mass is 563 g/mol. The number of amides is 3. The normalized spacial score (nSPS) is 14.0. The van der Waals surface area contributed by atoms with Gasteiger partial charge in [0.2, 0.25) is 17.6 Å². The number of carbonyl (C=O) groups is 3. The lowest BCUT2D eigenvalue weighted by atomic mass is 10.1. The molecule has 1 saturated heterocycles. The highest BCUT2D eigenvalue weighted by Gasteiger charge is 2.33. The molecule has 4 aromatic rings.